The molecule has 0 atom stereocenters. The smallest absolute Gasteiger partial charge is 0.337 e. The van der Waals surface area contributed by atoms with Crippen LogP contribution in [-0.2, 0) is 17.8 Å². The molecule has 0 unspecified atom stereocenters. The number of hydrogen-bond acceptors (Lipinski definition) is 5. The van der Waals surface area contributed by atoms with E-state index >= 15 is 0 Å². The number of carbonyl (C=O) groups excluding carboxylic acids is 1. The molecule has 0 amide bonds. The van der Waals surface area contributed by atoms with E-state index in [-0.39, 0.29) is 5.97 Å². The first-order valence-corrected chi connectivity index (χ1v) is 8.87. The van der Waals surface area contributed by atoms with E-state index in [4.69, 9.17) is 4.74 Å². The minimum atomic E-state index is -0.293. The number of carbonyl (C=O) groups is 1. The van der Waals surface area contributed by atoms with Gasteiger partial charge in [0.15, 0.2) is 0 Å². The molecule has 1 fully saturated rings. The normalized spacial score (nSPS) is 15.4. The molecule has 134 valence electrons. The van der Waals surface area contributed by atoms with Gasteiger partial charge in [-0.3, -0.25) is 4.90 Å². The quantitative estimate of drug-likeness (QED) is 0.755. The van der Waals surface area contributed by atoms with Crippen LogP contribution < -0.4 is 4.90 Å². The zero-order valence-electron chi connectivity index (χ0n) is 15.0. The van der Waals surface area contributed by atoms with Crippen molar-refractivity contribution in [3.05, 3.63) is 48.0 Å². The fourth-order valence-electron chi connectivity index (χ4n) is 3.23. The summed E-state index contributed by atoms with van der Waals surface area (Å²) in [4.78, 5) is 20.8. The van der Waals surface area contributed by atoms with Gasteiger partial charge in [0, 0.05) is 50.8 Å². The van der Waals surface area contributed by atoms with Crippen LogP contribution in [0.25, 0.3) is 0 Å². The molecular formula is C19H26N4O2. The molecule has 25 heavy (non-hydrogen) atoms. The topological polar surface area (TPSA) is 50.6 Å². The zero-order chi connectivity index (χ0) is 17.6. The first-order chi connectivity index (χ1) is 12.2. The number of aromatic nitrogens is 2. The third-order valence-electron chi connectivity index (χ3n) is 4.66. The predicted octanol–water partition coefficient (Wildman–Crippen LogP) is 2.40. The molecule has 0 radical (unpaired) electrons. The van der Waals surface area contributed by atoms with Crippen LogP contribution in [0.5, 0.6) is 0 Å². The fourth-order valence-corrected chi connectivity index (χ4v) is 3.23. The summed E-state index contributed by atoms with van der Waals surface area (Å²) in [5.41, 5.74) is 1.74. The third-order valence-corrected chi connectivity index (χ3v) is 4.66. The number of anilines is 1. The molecule has 1 saturated heterocycles. The van der Waals surface area contributed by atoms with Crippen molar-refractivity contribution in [2.24, 2.45) is 0 Å². The second-order valence-corrected chi connectivity index (χ2v) is 6.34. The third kappa shape index (κ3) is 4.20. The van der Waals surface area contributed by atoms with Gasteiger partial charge in [-0.2, -0.15) is 0 Å². The fraction of sp³-hybridized carbons (Fsp3) is 0.474. The Bertz CT molecular complexity index is 688. The molecule has 6 nitrogen and oxygen atoms in total. The van der Waals surface area contributed by atoms with Crippen molar-refractivity contribution in [3.63, 3.8) is 0 Å². The van der Waals surface area contributed by atoms with Crippen molar-refractivity contribution in [2.45, 2.75) is 26.4 Å². The van der Waals surface area contributed by atoms with Crippen molar-refractivity contribution < 1.29 is 9.53 Å². The Morgan fingerprint density at radius 2 is 1.88 bits per heavy atom. The van der Waals surface area contributed by atoms with Gasteiger partial charge in [0.2, 0.25) is 0 Å². The first kappa shape index (κ1) is 17.5. The Kier molecular flexibility index (Phi) is 5.71. The van der Waals surface area contributed by atoms with Crippen LogP contribution in [-0.4, -0.2) is 53.7 Å². The number of rotatable bonds is 6. The van der Waals surface area contributed by atoms with Gasteiger partial charge < -0.3 is 14.2 Å². The van der Waals surface area contributed by atoms with Crippen LogP contribution in [0.3, 0.4) is 0 Å². The molecule has 3 rings (SSSR count). The molecule has 1 aromatic heterocycles. The highest BCUT2D eigenvalue weighted by molar-refractivity contribution is 5.89. The summed E-state index contributed by atoms with van der Waals surface area (Å²) in [5.74, 6) is 0.858. The molecule has 2 aromatic rings. The highest BCUT2D eigenvalue weighted by Gasteiger charge is 2.19. The van der Waals surface area contributed by atoms with Crippen LogP contribution in [0.15, 0.2) is 36.7 Å². The molecular weight excluding hydrogens is 316 g/mol. The number of benzene rings is 1. The Morgan fingerprint density at radius 3 is 2.52 bits per heavy atom. The van der Waals surface area contributed by atoms with Crippen molar-refractivity contribution >= 4 is 11.7 Å². The molecule has 0 N–H and O–H groups in total. The Balaban J connectivity index is 1.54. The van der Waals surface area contributed by atoms with Crippen molar-refractivity contribution in [2.75, 3.05) is 38.2 Å². The molecule has 0 bridgehead atoms. The lowest BCUT2D eigenvalue weighted by molar-refractivity contribution is 0.0601. The van der Waals surface area contributed by atoms with Gasteiger partial charge in [-0.15, -0.1) is 0 Å². The van der Waals surface area contributed by atoms with Gasteiger partial charge in [0.25, 0.3) is 0 Å². The van der Waals surface area contributed by atoms with E-state index in [9.17, 15) is 4.79 Å². The largest absolute Gasteiger partial charge is 0.465 e. The average molecular weight is 342 g/mol. The van der Waals surface area contributed by atoms with Gasteiger partial charge >= 0.3 is 5.97 Å². The lowest BCUT2D eigenvalue weighted by Crippen LogP contribution is -2.46. The standard InChI is InChI=1S/C19H26N4O2/c1-3-9-23-10-8-20-18(23)15-21-11-13-22(14-12-21)17-6-4-16(5-7-17)19(24)25-2/h4-8,10H,3,9,11-15H2,1-2H3. The van der Waals surface area contributed by atoms with E-state index < -0.39 is 0 Å². The van der Waals surface area contributed by atoms with E-state index in [1.807, 2.05) is 30.5 Å². The molecule has 1 aliphatic rings. The lowest BCUT2D eigenvalue weighted by atomic mass is 10.2. The molecule has 6 heteroatoms. The summed E-state index contributed by atoms with van der Waals surface area (Å²) >= 11 is 0. The van der Waals surface area contributed by atoms with Crippen molar-refractivity contribution in [1.29, 1.82) is 0 Å². The zero-order valence-corrected chi connectivity index (χ0v) is 15.0. The van der Waals surface area contributed by atoms with Gasteiger partial charge in [0.1, 0.15) is 5.82 Å². The second kappa shape index (κ2) is 8.16. The number of piperazine rings is 1. The minimum absolute atomic E-state index is 0.293. The first-order valence-electron chi connectivity index (χ1n) is 8.87. The number of ether oxygens (including phenoxy) is 1. The number of imidazole rings is 1. The number of methoxy groups -OCH3 is 1. The molecule has 0 saturated carbocycles. The van der Waals surface area contributed by atoms with Gasteiger partial charge in [0.05, 0.1) is 19.2 Å². The van der Waals surface area contributed by atoms with Crippen LogP contribution in [0.1, 0.15) is 29.5 Å². The van der Waals surface area contributed by atoms with Gasteiger partial charge in [-0.1, -0.05) is 6.92 Å². The van der Waals surface area contributed by atoms with Crippen LogP contribution in [0.2, 0.25) is 0 Å². The molecule has 1 aromatic carbocycles. The summed E-state index contributed by atoms with van der Waals surface area (Å²) in [6.07, 6.45) is 5.08. The van der Waals surface area contributed by atoms with Gasteiger partial charge in [-0.25, -0.2) is 9.78 Å². The summed E-state index contributed by atoms with van der Waals surface area (Å²) in [5, 5.41) is 0. The summed E-state index contributed by atoms with van der Waals surface area (Å²) < 4.78 is 6.99. The molecule has 1 aliphatic heterocycles. The number of hydrogen-bond donors (Lipinski definition) is 0. The summed E-state index contributed by atoms with van der Waals surface area (Å²) in [7, 11) is 1.40. The Morgan fingerprint density at radius 1 is 1.16 bits per heavy atom. The number of aryl methyl sites for hydroxylation is 1. The van der Waals surface area contributed by atoms with Crippen LogP contribution in [0, 0.1) is 0 Å². The highest BCUT2D eigenvalue weighted by atomic mass is 16.5. The maximum atomic E-state index is 11.5. The monoisotopic (exact) mass is 342 g/mol. The predicted molar refractivity (Wildman–Crippen MR) is 97.8 cm³/mol. The SMILES string of the molecule is CCCn1ccnc1CN1CCN(c2ccc(C(=O)OC)cc2)CC1. The van der Waals surface area contributed by atoms with E-state index in [1.54, 1.807) is 0 Å². The van der Waals surface area contributed by atoms with Crippen LogP contribution >= 0.6 is 0 Å². The Labute approximate surface area is 149 Å². The number of nitrogens with zero attached hydrogens (tertiary/aromatic N) is 4. The number of esters is 1. The van der Waals surface area contributed by atoms with E-state index in [0.29, 0.717) is 5.56 Å². The maximum Gasteiger partial charge on any atom is 0.337 e. The molecule has 0 aliphatic carbocycles. The lowest BCUT2D eigenvalue weighted by Gasteiger charge is -2.36. The van der Waals surface area contributed by atoms with E-state index in [0.717, 1.165) is 57.2 Å². The average Bonchev–Trinajstić information content (AvgIpc) is 3.09. The van der Waals surface area contributed by atoms with Gasteiger partial charge in [-0.05, 0) is 30.7 Å². The second-order valence-electron chi connectivity index (χ2n) is 6.34. The van der Waals surface area contributed by atoms with Crippen molar-refractivity contribution in [1.82, 2.24) is 14.5 Å². The van der Waals surface area contributed by atoms with E-state index in [1.165, 1.54) is 7.11 Å². The minimum Gasteiger partial charge on any atom is -0.465 e. The van der Waals surface area contributed by atoms with E-state index in [2.05, 4.69) is 32.5 Å². The summed E-state index contributed by atoms with van der Waals surface area (Å²) in [6.45, 7) is 8.10. The highest BCUT2D eigenvalue weighted by Crippen LogP contribution is 2.18. The Hall–Kier alpha value is -2.34. The molecule has 2 heterocycles. The van der Waals surface area contributed by atoms with Crippen molar-refractivity contribution in [3.8, 4) is 0 Å². The maximum absolute atomic E-state index is 11.5. The summed E-state index contributed by atoms with van der Waals surface area (Å²) in [6, 6.07) is 7.65. The van der Waals surface area contributed by atoms with Crippen LogP contribution in [0.4, 0.5) is 5.69 Å². The molecule has 0 spiro atoms.